The van der Waals surface area contributed by atoms with Gasteiger partial charge in [0.1, 0.15) is 11.9 Å². The number of hydrogen-bond acceptors (Lipinski definition) is 2. The zero-order valence-electron chi connectivity index (χ0n) is 16.7. The van der Waals surface area contributed by atoms with Crippen molar-refractivity contribution in [3.63, 3.8) is 0 Å². The number of halogens is 2. The second kappa shape index (κ2) is 10.6. The van der Waals surface area contributed by atoms with Gasteiger partial charge in [-0.05, 0) is 62.1 Å². The van der Waals surface area contributed by atoms with Crippen molar-refractivity contribution >= 4 is 26.4 Å². The first-order valence-corrected chi connectivity index (χ1v) is 13.7. The molecule has 1 heterocycles. The maximum atomic E-state index is 13.9. The SMILES string of the molecule is C=CCCC[SiH]1CCC([C@H]2CC[C@H](OC(=O)c3ccc(Cl)cc3F)CC2)CC1. The fourth-order valence-corrected chi connectivity index (χ4v) is 8.68. The third-order valence-corrected chi connectivity index (χ3v) is 10.5. The van der Waals surface area contributed by atoms with Crippen LogP contribution in [0.5, 0.6) is 0 Å². The zero-order valence-corrected chi connectivity index (χ0v) is 18.6. The van der Waals surface area contributed by atoms with Crippen LogP contribution in [0.2, 0.25) is 23.2 Å². The number of esters is 1. The molecule has 0 N–H and O–H groups in total. The van der Waals surface area contributed by atoms with E-state index in [1.54, 1.807) is 0 Å². The molecule has 0 bridgehead atoms. The lowest BCUT2D eigenvalue weighted by Crippen LogP contribution is -2.31. The van der Waals surface area contributed by atoms with Gasteiger partial charge in [-0.15, -0.1) is 6.58 Å². The van der Waals surface area contributed by atoms with Crippen LogP contribution in [0.15, 0.2) is 30.9 Å². The third-order valence-electron chi connectivity index (χ3n) is 6.72. The highest BCUT2D eigenvalue weighted by Crippen LogP contribution is 2.40. The van der Waals surface area contributed by atoms with Crippen molar-refractivity contribution < 1.29 is 13.9 Å². The number of rotatable bonds is 7. The summed E-state index contributed by atoms with van der Waals surface area (Å²) in [6, 6.07) is 8.59. The van der Waals surface area contributed by atoms with Crippen molar-refractivity contribution in [1.29, 1.82) is 0 Å². The summed E-state index contributed by atoms with van der Waals surface area (Å²) in [4.78, 5) is 12.3. The molecule has 1 saturated heterocycles. The fraction of sp³-hybridized carbons (Fsp3) is 0.609. The zero-order chi connectivity index (χ0) is 19.9. The molecule has 1 aliphatic heterocycles. The Kier molecular flexibility index (Phi) is 8.16. The van der Waals surface area contributed by atoms with Gasteiger partial charge in [-0.3, -0.25) is 0 Å². The van der Waals surface area contributed by atoms with Crippen LogP contribution in [0, 0.1) is 17.7 Å². The molecular weight excluding hydrogens is 391 g/mol. The van der Waals surface area contributed by atoms with E-state index in [-0.39, 0.29) is 16.7 Å². The Balaban J connectivity index is 1.40. The highest BCUT2D eigenvalue weighted by Gasteiger charge is 2.32. The number of benzene rings is 1. The van der Waals surface area contributed by atoms with Crippen molar-refractivity contribution in [2.75, 3.05) is 0 Å². The summed E-state index contributed by atoms with van der Waals surface area (Å²) in [5.74, 6) is 0.475. The Bertz CT molecular complexity index is 665. The second-order valence-electron chi connectivity index (χ2n) is 8.57. The van der Waals surface area contributed by atoms with Crippen LogP contribution >= 0.6 is 11.6 Å². The minimum atomic E-state index is -0.611. The molecule has 2 nitrogen and oxygen atoms in total. The quantitative estimate of drug-likeness (QED) is 0.209. The van der Waals surface area contributed by atoms with E-state index in [1.165, 1.54) is 55.9 Å². The number of carbonyl (C=O) groups excluding carboxylic acids is 1. The van der Waals surface area contributed by atoms with Crippen LogP contribution < -0.4 is 0 Å². The van der Waals surface area contributed by atoms with E-state index in [9.17, 15) is 9.18 Å². The van der Waals surface area contributed by atoms with E-state index in [0.29, 0.717) is 0 Å². The van der Waals surface area contributed by atoms with Gasteiger partial charge in [0.15, 0.2) is 0 Å². The summed E-state index contributed by atoms with van der Waals surface area (Å²) in [6.45, 7) is 3.83. The minimum Gasteiger partial charge on any atom is -0.459 e. The van der Waals surface area contributed by atoms with Gasteiger partial charge in [0, 0.05) is 13.8 Å². The van der Waals surface area contributed by atoms with Crippen molar-refractivity contribution in [2.24, 2.45) is 11.8 Å². The predicted molar refractivity (Wildman–Crippen MR) is 116 cm³/mol. The predicted octanol–water partition coefficient (Wildman–Crippen LogP) is 6.80. The summed E-state index contributed by atoms with van der Waals surface area (Å²) in [7, 11) is -0.488. The molecule has 154 valence electrons. The molecule has 0 unspecified atom stereocenters. The molecular formula is C23H32ClFO2Si. The van der Waals surface area contributed by atoms with Gasteiger partial charge >= 0.3 is 5.97 Å². The van der Waals surface area contributed by atoms with Crippen molar-refractivity contribution in [2.45, 2.75) is 75.6 Å². The van der Waals surface area contributed by atoms with E-state index in [4.69, 9.17) is 16.3 Å². The Hall–Kier alpha value is -1.13. The molecule has 3 rings (SSSR count). The largest absolute Gasteiger partial charge is 0.459 e. The summed E-state index contributed by atoms with van der Waals surface area (Å²) >= 11 is 5.75. The van der Waals surface area contributed by atoms with Gasteiger partial charge in [0.2, 0.25) is 0 Å². The van der Waals surface area contributed by atoms with Crippen LogP contribution in [0.25, 0.3) is 0 Å². The Morgan fingerprint density at radius 3 is 2.50 bits per heavy atom. The van der Waals surface area contributed by atoms with E-state index in [1.807, 2.05) is 6.08 Å². The lowest BCUT2D eigenvalue weighted by molar-refractivity contribution is 0.0122. The van der Waals surface area contributed by atoms with Crippen molar-refractivity contribution in [1.82, 2.24) is 0 Å². The summed E-state index contributed by atoms with van der Waals surface area (Å²) in [5.41, 5.74) is -0.0220. The molecule has 1 saturated carbocycles. The standard InChI is InChI=1S/C23H32ClFO2Si/c1-2-3-4-13-28-14-11-18(12-15-28)17-5-8-20(9-6-17)27-23(26)21-10-7-19(24)16-22(21)25/h2,7,10,16-18,20,28H,1,3-6,8-9,11-15H2/t17-,18?,20-,28?. The Morgan fingerprint density at radius 1 is 1.18 bits per heavy atom. The summed E-state index contributed by atoms with van der Waals surface area (Å²) in [6.07, 6.45) is 11.4. The van der Waals surface area contributed by atoms with Gasteiger partial charge in [-0.2, -0.15) is 0 Å². The van der Waals surface area contributed by atoms with Crippen LogP contribution in [-0.4, -0.2) is 20.9 Å². The van der Waals surface area contributed by atoms with Gasteiger partial charge in [-0.25, -0.2) is 9.18 Å². The first-order chi connectivity index (χ1) is 13.6. The van der Waals surface area contributed by atoms with E-state index < -0.39 is 20.6 Å². The summed E-state index contributed by atoms with van der Waals surface area (Å²) < 4.78 is 19.5. The molecule has 1 aliphatic carbocycles. The number of hydrogen-bond donors (Lipinski definition) is 0. The molecule has 0 aromatic heterocycles. The average Bonchev–Trinajstić information content (AvgIpc) is 2.69. The van der Waals surface area contributed by atoms with Gasteiger partial charge in [-0.1, -0.05) is 55.1 Å². The molecule has 0 amide bonds. The smallest absolute Gasteiger partial charge is 0.341 e. The van der Waals surface area contributed by atoms with Crippen LogP contribution in [0.1, 0.15) is 61.7 Å². The van der Waals surface area contributed by atoms with Crippen LogP contribution in [0.4, 0.5) is 4.39 Å². The lowest BCUT2D eigenvalue weighted by atomic mass is 9.76. The van der Waals surface area contributed by atoms with E-state index in [2.05, 4.69) is 6.58 Å². The van der Waals surface area contributed by atoms with Gasteiger partial charge < -0.3 is 4.74 Å². The van der Waals surface area contributed by atoms with E-state index in [0.717, 1.165) is 43.6 Å². The maximum absolute atomic E-state index is 13.9. The topological polar surface area (TPSA) is 26.3 Å². The van der Waals surface area contributed by atoms with Crippen molar-refractivity contribution in [3.8, 4) is 0 Å². The Labute approximate surface area is 175 Å². The van der Waals surface area contributed by atoms with Crippen molar-refractivity contribution in [3.05, 3.63) is 47.3 Å². The van der Waals surface area contributed by atoms with Crippen LogP contribution in [-0.2, 0) is 4.74 Å². The van der Waals surface area contributed by atoms with Crippen LogP contribution in [0.3, 0.4) is 0 Å². The molecule has 5 heteroatoms. The van der Waals surface area contributed by atoms with E-state index >= 15 is 0 Å². The normalized spacial score (nSPS) is 27.9. The first kappa shape index (κ1) is 21.6. The molecule has 1 aromatic rings. The molecule has 0 radical (unpaired) electrons. The average molecular weight is 423 g/mol. The molecule has 28 heavy (non-hydrogen) atoms. The number of unbranched alkanes of at least 4 members (excludes halogenated alkanes) is 1. The highest BCUT2D eigenvalue weighted by atomic mass is 35.5. The molecule has 2 aliphatic rings. The fourth-order valence-electron chi connectivity index (χ4n) is 5.05. The molecule has 2 fully saturated rings. The summed E-state index contributed by atoms with van der Waals surface area (Å²) in [5, 5.41) is 0.285. The maximum Gasteiger partial charge on any atom is 0.341 e. The first-order valence-electron chi connectivity index (χ1n) is 10.8. The number of ether oxygens (including phenoxy) is 1. The molecule has 0 spiro atoms. The number of allylic oxidation sites excluding steroid dienone is 1. The highest BCUT2D eigenvalue weighted by molar-refractivity contribution is 6.58. The molecule has 0 atom stereocenters. The van der Waals surface area contributed by atoms with Gasteiger partial charge in [0.25, 0.3) is 0 Å². The lowest BCUT2D eigenvalue weighted by Gasteiger charge is -2.37. The number of carbonyl (C=O) groups is 1. The Morgan fingerprint density at radius 2 is 1.86 bits per heavy atom. The minimum absolute atomic E-state index is 0.0220. The third kappa shape index (κ3) is 5.93. The molecule has 1 aromatic carbocycles. The van der Waals surface area contributed by atoms with Gasteiger partial charge in [0.05, 0.1) is 5.56 Å². The monoisotopic (exact) mass is 422 g/mol. The second-order valence-corrected chi connectivity index (χ2v) is 12.5.